The molecule has 0 bridgehead atoms. The van der Waals surface area contributed by atoms with Gasteiger partial charge in [-0.3, -0.25) is 24.0 Å². The van der Waals surface area contributed by atoms with Crippen LogP contribution < -0.4 is 16.4 Å². The summed E-state index contributed by atoms with van der Waals surface area (Å²) in [4.78, 5) is 58.6. The molecule has 0 spiro atoms. The quantitative estimate of drug-likeness (QED) is 0.155. The molecule has 1 saturated heterocycles. The van der Waals surface area contributed by atoms with E-state index in [0.717, 1.165) is 6.92 Å². The number of amides is 2. The third-order valence-electron chi connectivity index (χ3n) is 4.85. The first-order valence-corrected chi connectivity index (χ1v) is 11.5. The van der Waals surface area contributed by atoms with Crippen LogP contribution in [-0.4, -0.2) is 86.7 Å². The van der Waals surface area contributed by atoms with E-state index in [0.29, 0.717) is 38.8 Å². The Kier molecular flexibility index (Phi) is 13.8. The van der Waals surface area contributed by atoms with Crippen molar-refractivity contribution in [1.82, 2.24) is 10.6 Å². The number of ether oxygens (including phenoxy) is 5. The molecule has 0 saturated carbocycles. The van der Waals surface area contributed by atoms with Gasteiger partial charge in [0.05, 0.1) is 0 Å². The first-order chi connectivity index (χ1) is 16.5. The maximum atomic E-state index is 11.9. The highest BCUT2D eigenvalue weighted by Crippen LogP contribution is 2.28. The average molecular weight is 504 g/mol. The van der Waals surface area contributed by atoms with Crippen LogP contribution in [0.3, 0.4) is 0 Å². The van der Waals surface area contributed by atoms with E-state index in [9.17, 15) is 24.0 Å². The van der Waals surface area contributed by atoms with Crippen molar-refractivity contribution in [2.45, 2.75) is 84.0 Å². The molecule has 2 amide bonds. The van der Waals surface area contributed by atoms with Crippen LogP contribution in [0.15, 0.2) is 0 Å². The van der Waals surface area contributed by atoms with Crippen LogP contribution in [-0.2, 0) is 47.7 Å². The Balaban J connectivity index is 2.92. The van der Waals surface area contributed by atoms with Crippen molar-refractivity contribution < 1.29 is 47.7 Å². The summed E-state index contributed by atoms with van der Waals surface area (Å²) >= 11 is 0. The molecule has 1 unspecified atom stereocenters. The van der Waals surface area contributed by atoms with Crippen molar-refractivity contribution in [2.75, 3.05) is 26.3 Å². The number of rotatable bonds is 14. The molecule has 0 aromatic carbocycles. The molecule has 0 aromatic heterocycles. The van der Waals surface area contributed by atoms with E-state index < -0.39 is 54.5 Å². The summed E-state index contributed by atoms with van der Waals surface area (Å²) in [5.74, 6) is -2.52. The normalized spacial score (nSPS) is 23.6. The SMILES string of the molecule is CC(=O)N[C@H]1C(OCCCCC(=O)NCCCN)O[C@H](COC(C)=O)[C@H](OC(C)=O)[C@@H]1OC(C)=O. The lowest BCUT2D eigenvalue weighted by molar-refractivity contribution is -0.277. The number of nitrogens with two attached hydrogens (primary N) is 1. The van der Waals surface area contributed by atoms with E-state index in [2.05, 4.69) is 10.6 Å². The van der Waals surface area contributed by atoms with Gasteiger partial charge in [0, 0.05) is 47.3 Å². The number of hydrogen-bond acceptors (Lipinski definition) is 11. The Bertz CT molecular complexity index is 732. The molecule has 4 N–H and O–H groups in total. The fourth-order valence-corrected chi connectivity index (χ4v) is 3.44. The molecule has 0 aromatic rings. The van der Waals surface area contributed by atoms with Gasteiger partial charge in [0.15, 0.2) is 18.5 Å². The summed E-state index contributed by atoms with van der Waals surface area (Å²) < 4.78 is 27.5. The lowest BCUT2D eigenvalue weighted by Gasteiger charge is -2.44. The van der Waals surface area contributed by atoms with E-state index >= 15 is 0 Å². The lowest BCUT2D eigenvalue weighted by atomic mass is 9.96. The third kappa shape index (κ3) is 12.0. The molecule has 1 rings (SSSR count). The smallest absolute Gasteiger partial charge is 0.303 e. The van der Waals surface area contributed by atoms with Gasteiger partial charge in [0.1, 0.15) is 18.8 Å². The van der Waals surface area contributed by atoms with Crippen LogP contribution in [0.4, 0.5) is 0 Å². The number of unbranched alkanes of at least 4 members (excludes halogenated alkanes) is 1. The van der Waals surface area contributed by atoms with E-state index in [1.807, 2.05) is 0 Å². The summed E-state index contributed by atoms with van der Waals surface area (Å²) in [6.45, 7) is 5.66. The lowest BCUT2D eigenvalue weighted by Crippen LogP contribution is -2.66. The second kappa shape index (κ2) is 16.0. The Morgan fingerprint density at radius 2 is 1.54 bits per heavy atom. The summed E-state index contributed by atoms with van der Waals surface area (Å²) in [6, 6.07) is -1.02. The van der Waals surface area contributed by atoms with E-state index in [1.165, 1.54) is 20.8 Å². The van der Waals surface area contributed by atoms with Crippen LogP contribution in [0.1, 0.15) is 53.4 Å². The van der Waals surface area contributed by atoms with Gasteiger partial charge in [0.25, 0.3) is 0 Å². The van der Waals surface area contributed by atoms with Crippen LogP contribution >= 0.6 is 0 Å². The highest BCUT2D eigenvalue weighted by Gasteiger charge is 2.51. The number of carbonyl (C=O) groups excluding carboxylic acids is 5. The maximum absolute atomic E-state index is 11.9. The molecule has 1 heterocycles. The molecule has 1 aliphatic heterocycles. The largest absolute Gasteiger partial charge is 0.463 e. The summed E-state index contributed by atoms with van der Waals surface area (Å²) in [5, 5.41) is 5.39. The number of esters is 3. The van der Waals surface area contributed by atoms with Gasteiger partial charge in [-0.15, -0.1) is 0 Å². The summed E-state index contributed by atoms with van der Waals surface area (Å²) in [5.41, 5.74) is 5.40. The van der Waals surface area contributed by atoms with Gasteiger partial charge < -0.3 is 40.1 Å². The number of hydrogen-bond donors (Lipinski definition) is 3. The highest BCUT2D eigenvalue weighted by atomic mass is 16.7. The van der Waals surface area contributed by atoms with Gasteiger partial charge in [-0.1, -0.05) is 0 Å². The van der Waals surface area contributed by atoms with Crippen LogP contribution in [0.25, 0.3) is 0 Å². The Hall–Kier alpha value is -2.77. The topological polar surface area (TPSA) is 182 Å². The number of nitrogens with one attached hydrogen (secondary N) is 2. The maximum Gasteiger partial charge on any atom is 0.303 e. The van der Waals surface area contributed by atoms with Crippen molar-refractivity contribution in [3.63, 3.8) is 0 Å². The first kappa shape index (κ1) is 30.3. The van der Waals surface area contributed by atoms with Gasteiger partial charge >= 0.3 is 17.9 Å². The Labute approximate surface area is 204 Å². The molecule has 13 nitrogen and oxygen atoms in total. The Morgan fingerprint density at radius 1 is 0.886 bits per heavy atom. The molecule has 0 radical (unpaired) electrons. The zero-order chi connectivity index (χ0) is 26.4. The number of carbonyl (C=O) groups is 5. The van der Waals surface area contributed by atoms with Crippen molar-refractivity contribution in [3.8, 4) is 0 Å². The molecule has 200 valence electrons. The predicted octanol–water partition coefficient (Wildman–Crippen LogP) is -0.706. The van der Waals surface area contributed by atoms with E-state index in [-0.39, 0.29) is 19.1 Å². The van der Waals surface area contributed by atoms with E-state index in [4.69, 9.17) is 29.4 Å². The molecule has 1 fully saturated rings. The van der Waals surface area contributed by atoms with Gasteiger partial charge in [0.2, 0.25) is 11.8 Å². The molecule has 13 heteroatoms. The molecule has 1 aliphatic rings. The summed E-state index contributed by atoms with van der Waals surface area (Å²) in [6.07, 6.45) is -2.47. The van der Waals surface area contributed by atoms with Crippen molar-refractivity contribution in [3.05, 3.63) is 0 Å². The zero-order valence-corrected chi connectivity index (χ0v) is 20.7. The third-order valence-corrected chi connectivity index (χ3v) is 4.85. The fraction of sp³-hybridized carbons (Fsp3) is 0.773. The minimum absolute atomic E-state index is 0.0934. The molecule has 5 atom stereocenters. The second-order valence-corrected chi connectivity index (χ2v) is 8.04. The second-order valence-electron chi connectivity index (χ2n) is 8.04. The first-order valence-electron chi connectivity index (χ1n) is 11.5. The molecular weight excluding hydrogens is 466 g/mol. The minimum Gasteiger partial charge on any atom is -0.463 e. The van der Waals surface area contributed by atoms with Crippen LogP contribution in [0, 0.1) is 0 Å². The molecule has 35 heavy (non-hydrogen) atoms. The van der Waals surface area contributed by atoms with Crippen LogP contribution in [0.2, 0.25) is 0 Å². The fourth-order valence-electron chi connectivity index (χ4n) is 3.44. The summed E-state index contributed by atoms with van der Waals surface area (Å²) in [7, 11) is 0. The Morgan fingerprint density at radius 3 is 2.11 bits per heavy atom. The minimum atomic E-state index is -1.18. The van der Waals surface area contributed by atoms with Crippen molar-refractivity contribution in [2.24, 2.45) is 5.73 Å². The van der Waals surface area contributed by atoms with Gasteiger partial charge in [-0.25, -0.2) is 0 Å². The predicted molar refractivity (Wildman–Crippen MR) is 120 cm³/mol. The molecular formula is C22H37N3O10. The highest BCUT2D eigenvalue weighted by molar-refractivity contribution is 5.75. The van der Waals surface area contributed by atoms with Crippen molar-refractivity contribution >= 4 is 29.7 Å². The van der Waals surface area contributed by atoms with E-state index in [1.54, 1.807) is 0 Å². The average Bonchev–Trinajstić information content (AvgIpc) is 2.75. The molecule has 0 aliphatic carbocycles. The van der Waals surface area contributed by atoms with Crippen molar-refractivity contribution in [1.29, 1.82) is 0 Å². The standard InChI is InChI=1S/C22H37N3O10/c1-13(26)25-19-21(34-16(4)29)20(33-15(3)28)17(12-32-14(2)27)35-22(19)31-11-6-5-8-18(30)24-10-7-9-23/h17,19-22H,5-12,23H2,1-4H3,(H,24,30)(H,25,26)/t17-,19-,20+,21-,22?/m1/s1. The van der Waals surface area contributed by atoms with Gasteiger partial charge in [-0.05, 0) is 25.8 Å². The van der Waals surface area contributed by atoms with Gasteiger partial charge in [-0.2, -0.15) is 0 Å². The monoisotopic (exact) mass is 503 g/mol. The zero-order valence-electron chi connectivity index (χ0n) is 20.7. The van der Waals surface area contributed by atoms with Crippen LogP contribution in [0.5, 0.6) is 0 Å².